The van der Waals surface area contributed by atoms with E-state index in [1.165, 1.54) is 0 Å². The van der Waals surface area contributed by atoms with Gasteiger partial charge in [-0.2, -0.15) is 0 Å². The van der Waals surface area contributed by atoms with Crippen molar-refractivity contribution in [1.82, 2.24) is 4.90 Å². The first-order valence-corrected chi connectivity index (χ1v) is 7.34. The van der Waals surface area contributed by atoms with Crippen LogP contribution in [0.1, 0.15) is 26.7 Å². The van der Waals surface area contributed by atoms with Crippen molar-refractivity contribution in [3.8, 4) is 11.8 Å². The van der Waals surface area contributed by atoms with Crippen molar-refractivity contribution in [3.05, 3.63) is 25.3 Å². The molecule has 0 N–H and O–H groups in total. The molecule has 0 heterocycles. The molecule has 0 bridgehead atoms. The number of carbonyl (C=O) groups excluding carboxylic acids is 2. The van der Waals surface area contributed by atoms with Gasteiger partial charge in [-0.15, -0.1) is 13.2 Å². The van der Waals surface area contributed by atoms with Crippen LogP contribution < -0.4 is 0 Å². The predicted molar refractivity (Wildman–Crippen MR) is 86.0 cm³/mol. The summed E-state index contributed by atoms with van der Waals surface area (Å²) in [5.41, 5.74) is 0. The molecule has 0 aliphatic heterocycles. The van der Waals surface area contributed by atoms with E-state index >= 15 is 0 Å². The minimum atomic E-state index is -0.338. The van der Waals surface area contributed by atoms with Crippen molar-refractivity contribution in [3.63, 3.8) is 0 Å². The monoisotopic (exact) mass is 307 g/mol. The number of esters is 2. The van der Waals surface area contributed by atoms with Gasteiger partial charge in [-0.05, 0) is 6.92 Å². The second-order valence-corrected chi connectivity index (χ2v) is 4.39. The SMILES string of the molecule is C=CCN(CC=C)C(C#CCOC(=O)CC)CC(=O)OCC. The first-order chi connectivity index (χ1) is 10.6. The Morgan fingerprint density at radius 3 is 2.27 bits per heavy atom. The molecule has 22 heavy (non-hydrogen) atoms. The fraction of sp³-hybridized carbons (Fsp3) is 0.529. The summed E-state index contributed by atoms with van der Waals surface area (Å²) in [7, 11) is 0. The zero-order chi connectivity index (χ0) is 16.8. The summed E-state index contributed by atoms with van der Waals surface area (Å²) in [5, 5.41) is 0. The molecular weight excluding hydrogens is 282 g/mol. The third-order valence-electron chi connectivity index (χ3n) is 2.70. The van der Waals surface area contributed by atoms with Gasteiger partial charge in [0.15, 0.2) is 6.61 Å². The lowest BCUT2D eigenvalue weighted by molar-refractivity contribution is -0.144. The number of hydrogen-bond acceptors (Lipinski definition) is 5. The van der Waals surface area contributed by atoms with Gasteiger partial charge in [0.1, 0.15) is 0 Å². The molecule has 0 radical (unpaired) electrons. The maximum Gasteiger partial charge on any atom is 0.308 e. The van der Waals surface area contributed by atoms with Crippen LogP contribution >= 0.6 is 0 Å². The molecule has 0 aromatic heterocycles. The molecule has 5 nitrogen and oxygen atoms in total. The van der Waals surface area contributed by atoms with Gasteiger partial charge in [-0.3, -0.25) is 14.5 Å². The molecule has 0 fully saturated rings. The van der Waals surface area contributed by atoms with Crippen molar-refractivity contribution in [2.24, 2.45) is 0 Å². The van der Waals surface area contributed by atoms with Crippen LogP contribution in [0.3, 0.4) is 0 Å². The first-order valence-electron chi connectivity index (χ1n) is 7.34. The van der Waals surface area contributed by atoms with Gasteiger partial charge in [0, 0.05) is 19.5 Å². The average Bonchev–Trinajstić information content (AvgIpc) is 2.50. The summed E-state index contributed by atoms with van der Waals surface area (Å²) in [6.07, 6.45) is 3.93. The molecule has 122 valence electrons. The standard InChI is InChI=1S/C17H25NO4/c1-5-11-18(12-6-2)15(14-17(20)21-8-4)10-9-13-22-16(19)7-3/h5-6,15H,1-2,7-8,11-14H2,3-4H3. The van der Waals surface area contributed by atoms with Gasteiger partial charge in [0.05, 0.1) is 19.1 Å². The molecule has 0 aromatic carbocycles. The van der Waals surface area contributed by atoms with Gasteiger partial charge >= 0.3 is 11.9 Å². The van der Waals surface area contributed by atoms with Crippen molar-refractivity contribution < 1.29 is 19.1 Å². The summed E-state index contributed by atoms with van der Waals surface area (Å²) < 4.78 is 9.88. The minimum absolute atomic E-state index is 0.0159. The molecule has 1 unspecified atom stereocenters. The largest absolute Gasteiger partial charge is 0.466 e. The predicted octanol–water partition coefficient (Wildman–Crippen LogP) is 1.94. The molecule has 5 heteroatoms. The van der Waals surface area contributed by atoms with Gasteiger partial charge in [-0.1, -0.05) is 30.9 Å². The van der Waals surface area contributed by atoms with E-state index in [9.17, 15) is 9.59 Å². The Hall–Kier alpha value is -2.06. The summed E-state index contributed by atoms with van der Waals surface area (Å²) in [6.45, 7) is 12.4. The molecule has 0 saturated heterocycles. The van der Waals surface area contributed by atoms with Crippen molar-refractivity contribution in [1.29, 1.82) is 0 Å². The van der Waals surface area contributed by atoms with E-state index in [0.29, 0.717) is 26.1 Å². The normalized spacial score (nSPS) is 11.0. The van der Waals surface area contributed by atoms with E-state index in [2.05, 4.69) is 25.0 Å². The van der Waals surface area contributed by atoms with Crippen LogP contribution in [0.2, 0.25) is 0 Å². The Balaban J connectivity index is 4.85. The lowest BCUT2D eigenvalue weighted by Gasteiger charge is -2.25. The van der Waals surface area contributed by atoms with E-state index < -0.39 is 0 Å². The summed E-state index contributed by atoms with van der Waals surface area (Å²) >= 11 is 0. The van der Waals surface area contributed by atoms with E-state index in [0.717, 1.165) is 0 Å². The van der Waals surface area contributed by atoms with Gasteiger partial charge in [-0.25, -0.2) is 0 Å². The number of rotatable bonds is 10. The fourth-order valence-corrected chi connectivity index (χ4v) is 1.69. The second kappa shape index (κ2) is 12.7. The quantitative estimate of drug-likeness (QED) is 0.351. The maximum absolute atomic E-state index is 11.7. The minimum Gasteiger partial charge on any atom is -0.466 e. The zero-order valence-corrected chi connectivity index (χ0v) is 13.5. The van der Waals surface area contributed by atoms with E-state index in [1.807, 2.05) is 4.90 Å². The van der Waals surface area contributed by atoms with Crippen LogP contribution in [0.5, 0.6) is 0 Å². The Kier molecular flexibility index (Phi) is 11.5. The highest BCUT2D eigenvalue weighted by Gasteiger charge is 2.18. The molecule has 0 spiro atoms. The van der Waals surface area contributed by atoms with Crippen LogP contribution in [0, 0.1) is 11.8 Å². The van der Waals surface area contributed by atoms with Crippen LogP contribution in [0.4, 0.5) is 0 Å². The van der Waals surface area contributed by atoms with Crippen molar-refractivity contribution in [2.45, 2.75) is 32.7 Å². The van der Waals surface area contributed by atoms with Gasteiger partial charge in [0.25, 0.3) is 0 Å². The number of nitrogens with zero attached hydrogens (tertiary/aromatic N) is 1. The Bertz CT molecular complexity index is 424. The third-order valence-corrected chi connectivity index (χ3v) is 2.70. The molecule has 0 aromatic rings. The topological polar surface area (TPSA) is 55.8 Å². The summed E-state index contributed by atoms with van der Waals surface area (Å²) in [4.78, 5) is 24.7. The van der Waals surface area contributed by atoms with Crippen LogP contribution in [0.25, 0.3) is 0 Å². The average molecular weight is 307 g/mol. The zero-order valence-electron chi connectivity index (χ0n) is 13.5. The second-order valence-electron chi connectivity index (χ2n) is 4.39. The number of hydrogen-bond donors (Lipinski definition) is 0. The smallest absolute Gasteiger partial charge is 0.308 e. The van der Waals surface area contributed by atoms with E-state index in [-0.39, 0.29) is 31.0 Å². The molecule has 0 rings (SSSR count). The number of carbonyl (C=O) groups is 2. The van der Waals surface area contributed by atoms with Gasteiger partial charge in [0.2, 0.25) is 0 Å². The summed E-state index contributed by atoms with van der Waals surface area (Å²) in [5.74, 6) is 5.13. The highest BCUT2D eigenvalue weighted by Crippen LogP contribution is 2.06. The van der Waals surface area contributed by atoms with Crippen molar-refractivity contribution in [2.75, 3.05) is 26.3 Å². The van der Waals surface area contributed by atoms with E-state index in [4.69, 9.17) is 9.47 Å². The highest BCUT2D eigenvalue weighted by molar-refractivity contribution is 5.71. The molecule has 0 saturated carbocycles. The maximum atomic E-state index is 11.7. The van der Waals surface area contributed by atoms with E-state index in [1.54, 1.807) is 26.0 Å². The van der Waals surface area contributed by atoms with Crippen LogP contribution in [-0.2, 0) is 19.1 Å². The molecule has 0 aliphatic carbocycles. The fourth-order valence-electron chi connectivity index (χ4n) is 1.69. The third kappa shape index (κ3) is 8.98. The Morgan fingerprint density at radius 2 is 1.77 bits per heavy atom. The molecule has 1 atom stereocenters. The highest BCUT2D eigenvalue weighted by atomic mass is 16.5. The molecule has 0 aliphatic rings. The summed E-state index contributed by atoms with van der Waals surface area (Å²) in [6, 6.07) is -0.338. The Morgan fingerprint density at radius 1 is 1.14 bits per heavy atom. The number of ether oxygens (including phenoxy) is 2. The molecular formula is C17H25NO4. The Labute approximate surface area is 133 Å². The van der Waals surface area contributed by atoms with Crippen LogP contribution in [0.15, 0.2) is 25.3 Å². The lowest BCUT2D eigenvalue weighted by Crippen LogP contribution is -2.36. The van der Waals surface area contributed by atoms with Crippen LogP contribution in [-0.4, -0.2) is 49.2 Å². The van der Waals surface area contributed by atoms with Crippen molar-refractivity contribution >= 4 is 11.9 Å². The lowest BCUT2D eigenvalue weighted by atomic mass is 10.1. The van der Waals surface area contributed by atoms with Gasteiger partial charge < -0.3 is 9.47 Å². The molecule has 0 amide bonds. The first kappa shape index (κ1) is 19.9.